The molecule has 4 aliphatic rings. The van der Waals surface area contributed by atoms with E-state index in [1.165, 1.54) is 4.90 Å². The van der Waals surface area contributed by atoms with Gasteiger partial charge in [-0.2, -0.15) is 0 Å². The smallest absolute Gasteiger partial charge is 0.306 e. The average molecular weight is 591 g/mol. The molecule has 0 unspecified atom stereocenters. The largest absolute Gasteiger partial charge is 0.460 e. The van der Waals surface area contributed by atoms with Crippen molar-refractivity contribution in [3.05, 3.63) is 0 Å². The summed E-state index contributed by atoms with van der Waals surface area (Å²) in [7, 11) is 0. The van der Waals surface area contributed by atoms with E-state index in [0.29, 0.717) is 38.9 Å². The van der Waals surface area contributed by atoms with E-state index in [1.54, 1.807) is 0 Å². The lowest BCUT2D eigenvalue weighted by atomic mass is 9.77. The number of carbonyl (C=O) groups is 5. The highest BCUT2D eigenvalue weighted by molar-refractivity contribution is 6.38. The Kier molecular flexibility index (Phi) is 9.95. The summed E-state index contributed by atoms with van der Waals surface area (Å²) in [5, 5.41) is 9.68. The molecule has 3 heterocycles. The number of nitrogens with zero attached hydrogens (tertiary/aromatic N) is 2. The minimum Gasteiger partial charge on any atom is -0.460 e. The number of hydrogen-bond donors (Lipinski definition) is 2. The first kappa shape index (κ1) is 31.9. The topological polar surface area (TPSA) is 153 Å². The molecule has 2 saturated heterocycles. The molecular formula is C30H46N4O8. The number of Topliss-reactive ketones (excluding diaryl/α,β-unsaturated/α-hetero) is 1. The lowest BCUT2D eigenvalue weighted by molar-refractivity contribution is -0.156. The number of hydrogen-bond acceptors (Lipinski definition) is 9. The number of nitrogens with one attached hydrogen (secondary N) is 2. The van der Waals surface area contributed by atoms with Gasteiger partial charge in [-0.15, -0.1) is 0 Å². The Balaban J connectivity index is 1.54. The van der Waals surface area contributed by atoms with Crippen LogP contribution >= 0.6 is 0 Å². The average Bonchev–Trinajstić information content (AvgIpc) is 3.29. The number of rotatable bonds is 12. The van der Waals surface area contributed by atoms with Crippen molar-refractivity contribution in [3.63, 3.8) is 0 Å². The standard InChI is InChI=1S/C30H46N4O8/c1-6-8-22(25(36)27(38)31-19-9-10-19)32-26(37)23-15-30(14-18(7-2)33-42-30)17-34(23)28(39)21(29(3,4)5)13-24(35)41-20-11-12-40-16-20/h19-23H,6-17H2,1-5H3,(H,31,38)(H,32,37)/t20-,21+,22-,23-,30+/m0/s1. The molecule has 5 atom stereocenters. The first-order chi connectivity index (χ1) is 19.9. The molecule has 42 heavy (non-hydrogen) atoms. The third kappa shape index (κ3) is 7.67. The molecule has 1 saturated carbocycles. The Morgan fingerprint density at radius 3 is 2.45 bits per heavy atom. The van der Waals surface area contributed by atoms with Crippen molar-refractivity contribution in [2.45, 2.75) is 122 Å². The van der Waals surface area contributed by atoms with Crippen LogP contribution in [0.5, 0.6) is 0 Å². The number of esters is 1. The van der Waals surface area contributed by atoms with Crippen molar-refractivity contribution in [2.24, 2.45) is 16.5 Å². The van der Waals surface area contributed by atoms with Crippen LogP contribution in [-0.2, 0) is 38.3 Å². The van der Waals surface area contributed by atoms with Crippen molar-refractivity contribution in [1.29, 1.82) is 0 Å². The van der Waals surface area contributed by atoms with E-state index in [-0.39, 0.29) is 43.9 Å². The van der Waals surface area contributed by atoms with E-state index in [4.69, 9.17) is 14.3 Å². The lowest BCUT2D eigenvalue weighted by Crippen LogP contribution is -2.54. The summed E-state index contributed by atoms with van der Waals surface area (Å²) in [4.78, 5) is 73.8. The maximum absolute atomic E-state index is 14.2. The highest BCUT2D eigenvalue weighted by Crippen LogP contribution is 2.41. The number of ketones is 1. The van der Waals surface area contributed by atoms with Crippen LogP contribution in [0, 0.1) is 11.3 Å². The Labute approximate surface area is 247 Å². The van der Waals surface area contributed by atoms with Crippen molar-refractivity contribution >= 4 is 35.2 Å². The molecule has 1 spiro atoms. The van der Waals surface area contributed by atoms with Gasteiger partial charge >= 0.3 is 5.97 Å². The molecule has 1 aliphatic carbocycles. The SMILES string of the molecule is CCC[C@H](NC(=O)[C@@H]1C[C@]2(CC(CC)=NO2)CN1C(=O)[C@@H](CC(=O)O[C@H]1CCOC1)C(C)(C)C)C(=O)C(=O)NC1CC1. The van der Waals surface area contributed by atoms with Crippen molar-refractivity contribution in [3.8, 4) is 0 Å². The Hall–Kier alpha value is -3.02. The van der Waals surface area contributed by atoms with E-state index < -0.39 is 52.6 Å². The quantitative estimate of drug-likeness (QED) is 0.259. The van der Waals surface area contributed by atoms with E-state index in [0.717, 1.165) is 18.6 Å². The molecule has 4 rings (SSSR count). The number of likely N-dealkylation sites (tertiary alicyclic amines) is 1. The van der Waals surface area contributed by atoms with Crippen LogP contribution in [0.4, 0.5) is 0 Å². The number of ether oxygens (including phenoxy) is 2. The van der Waals surface area contributed by atoms with Crippen molar-refractivity contribution in [2.75, 3.05) is 19.8 Å². The van der Waals surface area contributed by atoms with Gasteiger partial charge in [-0.3, -0.25) is 24.0 Å². The summed E-state index contributed by atoms with van der Waals surface area (Å²) < 4.78 is 10.9. The zero-order valence-corrected chi connectivity index (χ0v) is 25.5. The minimum absolute atomic E-state index is 0.0109. The Morgan fingerprint density at radius 1 is 1.14 bits per heavy atom. The van der Waals surface area contributed by atoms with Crippen LogP contribution in [0.3, 0.4) is 0 Å². The molecule has 234 valence electrons. The Morgan fingerprint density at radius 2 is 1.88 bits per heavy atom. The van der Waals surface area contributed by atoms with E-state index >= 15 is 0 Å². The maximum atomic E-state index is 14.2. The van der Waals surface area contributed by atoms with Gasteiger partial charge in [0.15, 0.2) is 5.60 Å². The second kappa shape index (κ2) is 13.1. The summed E-state index contributed by atoms with van der Waals surface area (Å²) in [5.41, 5.74) is -0.655. The third-order valence-corrected chi connectivity index (χ3v) is 8.54. The molecule has 3 amide bonds. The van der Waals surface area contributed by atoms with Gasteiger partial charge in [0.25, 0.3) is 5.91 Å². The van der Waals surface area contributed by atoms with Gasteiger partial charge < -0.3 is 29.8 Å². The highest BCUT2D eigenvalue weighted by atomic mass is 16.7. The van der Waals surface area contributed by atoms with Crippen LogP contribution in [-0.4, -0.2) is 89.7 Å². The first-order valence-corrected chi connectivity index (χ1v) is 15.3. The van der Waals surface area contributed by atoms with Crippen molar-refractivity contribution in [1.82, 2.24) is 15.5 Å². The lowest BCUT2D eigenvalue weighted by Gasteiger charge is -2.35. The molecule has 12 heteroatoms. The van der Waals surface area contributed by atoms with Gasteiger partial charge in [0.2, 0.25) is 17.6 Å². The van der Waals surface area contributed by atoms with Gasteiger partial charge in [-0.25, -0.2) is 0 Å². The van der Waals surface area contributed by atoms with Gasteiger partial charge in [0, 0.05) is 25.3 Å². The van der Waals surface area contributed by atoms with E-state index in [1.807, 2.05) is 34.6 Å². The summed E-state index contributed by atoms with van der Waals surface area (Å²) in [5.74, 6) is -3.55. The molecule has 3 aliphatic heterocycles. The molecule has 12 nitrogen and oxygen atoms in total. The van der Waals surface area contributed by atoms with E-state index in [2.05, 4.69) is 15.8 Å². The van der Waals surface area contributed by atoms with Crippen LogP contribution < -0.4 is 10.6 Å². The highest BCUT2D eigenvalue weighted by Gasteiger charge is 2.55. The normalized spacial score (nSPS) is 26.8. The summed E-state index contributed by atoms with van der Waals surface area (Å²) >= 11 is 0. The predicted molar refractivity (Wildman–Crippen MR) is 152 cm³/mol. The van der Waals surface area contributed by atoms with Crippen molar-refractivity contribution < 1.29 is 38.3 Å². The number of amides is 3. The first-order valence-electron chi connectivity index (χ1n) is 15.3. The molecule has 0 aromatic carbocycles. The van der Waals surface area contributed by atoms with Crippen LogP contribution in [0.2, 0.25) is 0 Å². The fraction of sp³-hybridized carbons (Fsp3) is 0.800. The molecule has 2 N–H and O–H groups in total. The van der Waals surface area contributed by atoms with Gasteiger partial charge in [0.05, 0.1) is 43.9 Å². The zero-order chi connectivity index (χ0) is 30.7. The molecule has 0 bridgehead atoms. The van der Waals surface area contributed by atoms with E-state index in [9.17, 15) is 24.0 Å². The monoisotopic (exact) mass is 590 g/mol. The predicted octanol–water partition coefficient (Wildman–Crippen LogP) is 2.03. The maximum Gasteiger partial charge on any atom is 0.306 e. The van der Waals surface area contributed by atoms with Gasteiger partial charge in [-0.05, 0) is 31.1 Å². The summed E-state index contributed by atoms with van der Waals surface area (Å²) in [6, 6.07) is -1.97. The van der Waals surface area contributed by atoms with Crippen LogP contribution in [0.25, 0.3) is 0 Å². The molecule has 0 radical (unpaired) electrons. The Bertz CT molecular complexity index is 1090. The second-order valence-electron chi connectivity index (χ2n) is 13.2. The minimum atomic E-state index is -1.01. The third-order valence-electron chi connectivity index (χ3n) is 8.54. The van der Waals surface area contributed by atoms with Crippen LogP contribution in [0.1, 0.15) is 92.4 Å². The molecule has 0 aromatic rings. The summed E-state index contributed by atoms with van der Waals surface area (Å²) in [6.07, 6.45) is 4.00. The van der Waals surface area contributed by atoms with Crippen LogP contribution in [0.15, 0.2) is 5.16 Å². The molecular weight excluding hydrogens is 544 g/mol. The second-order valence-corrected chi connectivity index (χ2v) is 13.2. The molecule has 0 aromatic heterocycles. The fourth-order valence-electron chi connectivity index (χ4n) is 5.83. The summed E-state index contributed by atoms with van der Waals surface area (Å²) in [6.45, 7) is 10.4. The van der Waals surface area contributed by atoms with Gasteiger partial charge in [-0.1, -0.05) is 46.2 Å². The zero-order valence-electron chi connectivity index (χ0n) is 25.5. The fourth-order valence-corrected chi connectivity index (χ4v) is 5.83. The van der Waals surface area contributed by atoms with Gasteiger partial charge in [0.1, 0.15) is 12.1 Å². The molecule has 3 fully saturated rings. The number of carbonyl (C=O) groups excluding carboxylic acids is 5. The number of oxime groups is 1.